The monoisotopic (exact) mass is 202 g/mol. The summed E-state index contributed by atoms with van der Waals surface area (Å²) in [5, 5.41) is 0. The van der Waals surface area contributed by atoms with Crippen molar-refractivity contribution >= 4 is 0 Å². The molecular formula is C10H19ClN2. The summed E-state index contributed by atoms with van der Waals surface area (Å²) in [5.74, 6) is 1.37. The van der Waals surface area contributed by atoms with Crippen LogP contribution in [0.5, 0.6) is 0 Å². The van der Waals surface area contributed by atoms with Crippen molar-refractivity contribution in [3.63, 3.8) is 0 Å². The minimum absolute atomic E-state index is 0. The van der Waals surface area contributed by atoms with Gasteiger partial charge in [0.1, 0.15) is 12.4 Å². The lowest BCUT2D eigenvalue weighted by molar-refractivity contribution is -0.702. The van der Waals surface area contributed by atoms with Crippen molar-refractivity contribution in [2.45, 2.75) is 46.7 Å². The average Bonchev–Trinajstić information content (AvgIpc) is 2.43. The van der Waals surface area contributed by atoms with Gasteiger partial charge >= 0.3 is 0 Å². The molecule has 0 fully saturated rings. The van der Waals surface area contributed by atoms with Crippen molar-refractivity contribution in [1.82, 2.24) is 4.57 Å². The van der Waals surface area contributed by atoms with Crippen molar-refractivity contribution in [2.24, 2.45) is 0 Å². The van der Waals surface area contributed by atoms with Gasteiger partial charge in [0.05, 0.1) is 13.1 Å². The Morgan fingerprint density at radius 1 is 1.38 bits per heavy atom. The number of hydrogen-bond acceptors (Lipinski definition) is 0. The SMILES string of the molecule is CCCC[n+]1ccn(CC)c1C.[Cl-]. The maximum absolute atomic E-state index is 2.33. The average molecular weight is 203 g/mol. The molecule has 1 aromatic rings. The van der Waals surface area contributed by atoms with Gasteiger partial charge in [-0.05, 0) is 13.3 Å². The molecule has 0 spiro atoms. The van der Waals surface area contributed by atoms with Gasteiger partial charge in [0.2, 0.25) is 0 Å². The van der Waals surface area contributed by atoms with E-state index in [2.05, 4.69) is 42.3 Å². The van der Waals surface area contributed by atoms with Gasteiger partial charge in [-0.15, -0.1) is 0 Å². The van der Waals surface area contributed by atoms with Crippen LogP contribution in [0.25, 0.3) is 0 Å². The van der Waals surface area contributed by atoms with Crippen LogP contribution in [0.15, 0.2) is 12.4 Å². The van der Waals surface area contributed by atoms with Crippen LogP contribution < -0.4 is 17.0 Å². The molecule has 0 N–H and O–H groups in total. The first-order chi connectivity index (χ1) is 5.79. The summed E-state index contributed by atoms with van der Waals surface area (Å²) in [6, 6.07) is 0. The molecule has 13 heavy (non-hydrogen) atoms. The Balaban J connectivity index is 0.00000144. The molecule has 1 heterocycles. The quantitative estimate of drug-likeness (QED) is 0.549. The second kappa shape index (κ2) is 6.03. The fourth-order valence-electron chi connectivity index (χ4n) is 1.44. The maximum Gasteiger partial charge on any atom is 0.253 e. The highest BCUT2D eigenvalue weighted by atomic mass is 35.5. The van der Waals surface area contributed by atoms with Gasteiger partial charge in [-0.25, -0.2) is 9.13 Å². The van der Waals surface area contributed by atoms with Gasteiger partial charge in [-0.2, -0.15) is 0 Å². The largest absolute Gasteiger partial charge is 1.00 e. The van der Waals surface area contributed by atoms with Gasteiger partial charge in [0.25, 0.3) is 5.82 Å². The summed E-state index contributed by atoms with van der Waals surface area (Å²) in [6.45, 7) is 8.82. The van der Waals surface area contributed by atoms with Gasteiger partial charge in [-0.3, -0.25) is 0 Å². The molecule has 0 saturated heterocycles. The van der Waals surface area contributed by atoms with Crippen molar-refractivity contribution < 1.29 is 17.0 Å². The van der Waals surface area contributed by atoms with E-state index in [4.69, 9.17) is 0 Å². The van der Waals surface area contributed by atoms with E-state index in [1.165, 1.54) is 18.7 Å². The Bertz CT molecular complexity index is 243. The standard InChI is InChI=1S/C10H19N2.ClH/c1-4-6-7-12-9-8-11(5-2)10(12)3;/h8-9H,4-7H2,1-3H3;1H/q+1;/p-1. The molecule has 0 amide bonds. The van der Waals surface area contributed by atoms with Crippen LogP contribution in [-0.4, -0.2) is 4.57 Å². The third-order valence-corrected chi connectivity index (χ3v) is 2.35. The minimum Gasteiger partial charge on any atom is -1.00 e. The van der Waals surface area contributed by atoms with E-state index < -0.39 is 0 Å². The Morgan fingerprint density at radius 3 is 2.54 bits per heavy atom. The van der Waals surface area contributed by atoms with E-state index in [9.17, 15) is 0 Å². The van der Waals surface area contributed by atoms with Gasteiger partial charge in [0, 0.05) is 6.92 Å². The molecule has 2 nitrogen and oxygen atoms in total. The van der Waals surface area contributed by atoms with Crippen molar-refractivity contribution in [3.8, 4) is 0 Å². The molecule has 0 radical (unpaired) electrons. The maximum atomic E-state index is 2.33. The Labute approximate surface area is 87.0 Å². The smallest absolute Gasteiger partial charge is 0.253 e. The summed E-state index contributed by atoms with van der Waals surface area (Å²) in [4.78, 5) is 0. The highest BCUT2D eigenvalue weighted by Crippen LogP contribution is 1.94. The van der Waals surface area contributed by atoms with Crippen molar-refractivity contribution in [1.29, 1.82) is 0 Å². The molecule has 1 rings (SSSR count). The number of unbranched alkanes of at least 4 members (excludes halogenated alkanes) is 1. The third-order valence-electron chi connectivity index (χ3n) is 2.35. The fraction of sp³-hybridized carbons (Fsp3) is 0.700. The number of nitrogens with zero attached hydrogens (tertiary/aromatic N) is 2. The summed E-state index contributed by atoms with van der Waals surface area (Å²) in [5.41, 5.74) is 0. The topological polar surface area (TPSA) is 8.81 Å². The van der Waals surface area contributed by atoms with Crippen LogP contribution >= 0.6 is 0 Å². The summed E-state index contributed by atoms with van der Waals surface area (Å²) < 4.78 is 4.60. The highest BCUT2D eigenvalue weighted by molar-refractivity contribution is 4.78. The number of imidazole rings is 1. The number of aromatic nitrogens is 2. The van der Waals surface area contributed by atoms with Crippen LogP contribution in [0.4, 0.5) is 0 Å². The lowest BCUT2D eigenvalue weighted by atomic mass is 10.3. The van der Waals surface area contributed by atoms with Gasteiger partial charge in [0.15, 0.2) is 0 Å². The number of rotatable bonds is 4. The molecule has 0 aliphatic rings. The number of hydrogen-bond donors (Lipinski definition) is 0. The van der Waals surface area contributed by atoms with Gasteiger partial charge in [-0.1, -0.05) is 13.3 Å². The zero-order valence-electron chi connectivity index (χ0n) is 8.76. The van der Waals surface area contributed by atoms with E-state index in [0.717, 1.165) is 13.1 Å². The Morgan fingerprint density at radius 2 is 2.08 bits per heavy atom. The molecule has 76 valence electrons. The van der Waals surface area contributed by atoms with E-state index in [-0.39, 0.29) is 12.4 Å². The molecule has 1 aromatic heterocycles. The normalized spacial score (nSPS) is 9.77. The molecule has 0 aliphatic heterocycles. The van der Waals surface area contributed by atoms with Crippen LogP contribution in [-0.2, 0) is 13.1 Å². The lowest BCUT2D eigenvalue weighted by Gasteiger charge is -1.97. The molecule has 0 atom stereocenters. The van der Waals surface area contributed by atoms with Crippen molar-refractivity contribution in [2.75, 3.05) is 0 Å². The predicted octanol–water partition coefficient (Wildman–Crippen LogP) is -1.09. The summed E-state index contributed by atoms with van der Waals surface area (Å²) in [7, 11) is 0. The number of halogens is 1. The van der Waals surface area contributed by atoms with Gasteiger partial charge < -0.3 is 12.4 Å². The molecule has 0 aliphatic carbocycles. The summed E-state index contributed by atoms with van der Waals surface area (Å²) >= 11 is 0. The molecule has 0 unspecified atom stereocenters. The predicted molar refractivity (Wildman–Crippen MR) is 49.9 cm³/mol. The van der Waals surface area contributed by atoms with Crippen molar-refractivity contribution in [3.05, 3.63) is 18.2 Å². The van der Waals surface area contributed by atoms with E-state index in [1.807, 2.05) is 0 Å². The van der Waals surface area contributed by atoms with Crippen LogP contribution in [0.2, 0.25) is 0 Å². The lowest BCUT2D eigenvalue weighted by Crippen LogP contribution is -3.00. The van der Waals surface area contributed by atoms with Crippen LogP contribution in [0, 0.1) is 6.92 Å². The van der Waals surface area contributed by atoms with E-state index in [1.54, 1.807) is 0 Å². The van der Waals surface area contributed by atoms with Crippen LogP contribution in [0.1, 0.15) is 32.5 Å². The Kier molecular flexibility index (Phi) is 5.80. The third kappa shape index (κ3) is 3.03. The second-order valence-corrected chi connectivity index (χ2v) is 3.18. The van der Waals surface area contributed by atoms with Crippen LogP contribution in [0.3, 0.4) is 0 Å². The highest BCUT2D eigenvalue weighted by Gasteiger charge is 2.08. The van der Waals surface area contributed by atoms with E-state index >= 15 is 0 Å². The molecule has 0 aromatic carbocycles. The summed E-state index contributed by atoms with van der Waals surface area (Å²) in [6.07, 6.45) is 6.88. The Hall–Kier alpha value is -0.500. The molecule has 3 heteroatoms. The fourth-order valence-corrected chi connectivity index (χ4v) is 1.44. The van der Waals surface area contributed by atoms with E-state index in [0.29, 0.717) is 0 Å². The minimum atomic E-state index is 0. The molecular weight excluding hydrogens is 184 g/mol. The molecule has 0 saturated carbocycles. The first-order valence-corrected chi connectivity index (χ1v) is 4.84. The first-order valence-electron chi connectivity index (χ1n) is 4.84. The zero-order chi connectivity index (χ0) is 8.97. The second-order valence-electron chi connectivity index (χ2n) is 3.18. The number of aryl methyl sites for hydroxylation is 2. The zero-order valence-corrected chi connectivity index (χ0v) is 9.51. The molecule has 0 bridgehead atoms. The first kappa shape index (κ1) is 12.5.